The number of amides is 1. The zero-order valence-corrected chi connectivity index (χ0v) is 13.0. The zero-order chi connectivity index (χ0) is 15.3. The first-order chi connectivity index (χ1) is 10.1. The normalized spacial score (nSPS) is 25.4. The van der Waals surface area contributed by atoms with Crippen molar-refractivity contribution in [3.63, 3.8) is 0 Å². The van der Waals surface area contributed by atoms with E-state index in [0.29, 0.717) is 12.1 Å². The molecular formula is C17H26N2O2. The smallest absolute Gasteiger partial charge is 0.253 e. The molecule has 2 rings (SSSR count). The first kappa shape index (κ1) is 15.8. The van der Waals surface area contributed by atoms with E-state index in [-0.39, 0.29) is 5.91 Å². The summed E-state index contributed by atoms with van der Waals surface area (Å²) < 4.78 is 0. The molecule has 116 valence electrons. The summed E-state index contributed by atoms with van der Waals surface area (Å²) in [5.74, 6) is 0.594. The third kappa shape index (κ3) is 3.97. The minimum Gasteiger partial charge on any atom is -0.388 e. The molecule has 1 aliphatic rings. The van der Waals surface area contributed by atoms with Crippen LogP contribution in [0.4, 0.5) is 5.69 Å². The number of hydrogen-bond acceptors (Lipinski definition) is 3. The molecule has 1 aromatic rings. The molecule has 0 aromatic heterocycles. The second kappa shape index (κ2) is 6.94. The van der Waals surface area contributed by atoms with Crippen LogP contribution in [0.15, 0.2) is 24.3 Å². The van der Waals surface area contributed by atoms with Crippen molar-refractivity contribution in [1.29, 1.82) is 0 Å². The summed E-state index contributed by atoms with van der Waals surface area (Å²) in [7, 11) is 1.80. The van der Waals surface area contributed by atoms with Crippen molar-refractivity contribution in [2.75, 3.05) is 18.9 Å². The van der Waals surface area contributed by atoms with Gasteiger partial charge in [-0.3, -0.25) is 4.79 Å². The zero-order valence-electron chi connectivity index (χ0n) is 13.0. The average Bonchev–Trinajstić information content (AvgIpc) is 2.53. The van der Waals surface area contributed by atoms with Gasteiger partial charge in [0.15, 0.2) is 0 Å². The lowest BCUT2D eigenvalue weighted by atomic mass is 9.78. The van der Waals surface area contributed by atoms with E-state index in [1.54, 1.807) is 13.1 Å². The third-order valence-electron chi connectivity index (χ3n) is 4.63. The lowest BCUT2D eigenvalue weighted by Crippen LogP contribution is -2.45. The molecule has 0 radical (unpaired) electrons. The van der Waals surface area contributed by atoms with Crippen LogP contribution in [0.2, 0.25) is 0 Å². The Kier molecular flexibility index (Phi) is 5.23. The van der Waals surface area contributed by atoms with Gasteiger partial charge in [0.1, 0.15) is 0 Å². The van der Waals surface area contributed by atoms with Crippen molar-refractivity contribution in [3.05, 3.63) is 29.8 Å². The van der Waals surface area contributed by atoms with Crippen molar-refractivity contribution in [3.8, 4) is 0 Å². The van der Waals surface area contributed by atoms with Gasteiger partial charge in [0.05, 0.1) is 11.2 Å². The Labute approximate surface area is 126 Å². The standard InChI is InChI=1S/C17H26N2O2/c1-3-13-8-10-17(21,11-9-13)12-19-16(20)14-6-4-5-7-15(14)18-2/h4-7,13,18,21H,3,8-12H2,1-2H3,(H,19,20). The fourth-order valence-corrected chi connectivity index (χ4v) is 3.04. The lowest BCUT2D eigenvalue weighted by molar-refractivity contribution is -0.00786. The van der Waals surface area contributed by atoms with Crippen LogP contribution in [-0.4, -0.2) is 30.2 Å². The van der Waals surface area contributed by atoms with E-state index < -0.39 is 5.60 Å². The number of aliphatic hydroxyl groups is 1. The highest BCUT2D eigenvalue weighted by Gasteiger charge is 2.33. The maximum atomic E-state index is 12.3. The van der Waals surface area contributed by atoms with Gasteiger partial charge in [-0.15, -0.1) is 0 Å². The Hall–Kier alpha value is -1.55. The maximum absolute atomic E-state index is 12.3. The second-order valence-corrected chi connectivity index (χ2v) is 6.05. The summed E-state index contributed by atoms with van der Waals surface area (Å²) in [6.07, 6.45) is 4.84. The number of nitrogens with one attached hydrogen (secondary N) is 2. The Balaban J connectivity index is 1.92. The minimum atomic E-state index is -0.740. The van der Waals surface area contributed by atoms with Gasteiger partial charge in [0.2, 0.25) is 0 Å². The summed E-state index contributed by atoms with van der Waals surface area (Å²) >= 11 is 0. The van der Waals surface area contributed by atoms with Crippen molar-refractivity contribution in [2.24, 2.45) is 5.92 Å². The van der Waals surface area contributed by atoms with Gasteiger partial charge < -0.3 is 15.7 Å². The molecule has 0 heterocycles. The largest absolute Gasteiger partial charge is 0.388 e. The molecule has 4 heteroatoms. The van der Waals surface area contributed by atoms with Crippen LogP contribution >= 0.6 is 0 Å². The summed E-state index contributed by atoms with van der Waals surface area (Å²) in [4.78, 5) is 12.3. The van der Waals surface area contributed by atoms with E-state index in [1.165, 1.54) is 6.42 Å². The predicted octanol–water partition coefficient (Wildman–Crippen LogP) is 2.79. The molecule has 1 aliphatic carbocycles. The van der Waals surface area contributed by atoms with Crippen LogP contribution in [0, 0.1) is 5.92 Å². The molecule has 0 aliphatic heterocycles. The number of rotatable bonds is 5. The minimum absolute atomic E-state index is 0.133. The highest BCUT2D eigenvalue weighted by molar-refractivity contribution is 5.99. The Morgan fingerprint density at radius 2 is 2.00 bits per heavy atom. The lowest BCUT2D eigenvalue weighted by Gasteiger charge is -2.35. The van der Waals surface area contributed by atoms with Gasteiger partial charge >= 0.3 is 0 Å². The third-order valence-corrected chi connectivity index (χ3v) is 4.63. The molecule has 3 N–H and O–H groups in total. The number of carbonyl (C=O) groups is 1. The van der Waals surface area contributed by atoms with Crippen LogP contribution in [0.5, 0.6) is 0 Å². The molecule has 0 unspecified atom stereocenters. The second-order valence-electron chi connectivity index (χ2n) is 6.05. The van der Waals surface area contributed by atoms with Crippen LogP contribution in [0.25, 0.3) is 0 Å². The van der Waals surface area contributed by atoms with Crippen LogP contribution in [-0.2, 0) is 0 Å². The van der Waals surface area contributed by atoms with Crippen LogP contribution in [0.1, 0.15) is 49.4 Å². The summed E-state index contributed by atoms with van der Waals surface area (Å²) in [5.41, 5.74) is 0.679. The van der Waals surface area contributed by atoms with Gasteiger partial charge in [-0.25, -0.2) is 0 Å². The summed E-state index contributed by atoms with van der Waals surface area (Å²) in [6, 6.07) is 7.40. The van der Waals surface area contributed by atoms with E-state index in [2.05, 4.69) is 17.6 Å². The summed E-state index contributed by atoms with van der Waals surface area (Å²) in [5, 5.41) is 16.5. The Morgan fingerprint density at radius 3 is 2.62 bits per heavy atom. The SMILES string of the molecule is CCC1CCC(O)(CNC(=O)c2ccccc2NC)CC1. The summed E-state index contributed by atoms with van der Waals surface area (Å²) in [6.45, 7) is 2.53. The predicted molar refractivity (Wildman–Crippen MR) is 85.5 cm³/mol. The van der Waals surface area contributed by atoms with Gasteiger partial charge in [0, 0.05) is 19.3 Å². The number of benzene rings is 1. The molecular weight excluding hydrogens is 264 g/mol. The van der Waals surface area contributed by atoms with E-state index in [4.69, 9.17) is 0 Å². The molecule has 21 heavy (non-hydrogen) atoms. The first-order valence-electron chi connectivity index (χ1n) is 7.85. The average molecular weight is 290 g/mol. The van der Waals surface area contributed by atoms with Crippen molar-refractivity contribution in [2.45, 2.75) is 44.6 Å². The van der Waals surface area contributed by atoms with Crippen LogP contribution < -0.4 is 10.6 Å². The number of carbonyl (C=O) groups excluding carboxylic acids is 1. The molecule has 0 bridgehead atoms. The monoisotopic (exact) mass is 290 g/mol. The van der Waals surface area contributed by atoms with Gasteiger partial charge in [-0.05, 0) is 43.7 Å². The molecule has 1 saturated carbocycles. The van der Waals surface area contributed by atoms with E-state index in [9.17, 15) is 9.90 Å². The topological polar surface area (TPSA) is 61.4 Å². The van der Waals surface area contributed by atoms with E-state index >= 15 is 0 Å². The van der Waals surface area contributed by atoms with Gasteiger partial charge in [-0.1, -0.05) is 25.5 Å². The number of para-hydroxylation sites is 1. The molecule has 0 spiro atoms. The molecule has 4 nitrogen and oxygen atoms in total. The molecule has 1 fully saturated rings. The molecule has 1 amide bonds. The molecule has 0 saturated heterocycles. The molecule has 0 atom stereocenters. The van der Waals surface area contributed by atoms with Gasteiger partial charge in [-0.2, -0.15) is 0 Å². The molecule has 1 aromatic carbocycles. The fourth-order valence-electron chi connectivity index (χ4n) is 3.04. The van der Waals surface area contributed by atoms with Gasteiger partial charge in [0.25, 0.3) is 5.91 Å². The Bertz CT molecular complexity index is 479. The number of anilines is 1. The highest BCUT2D eigenvalue weighted by atomic mass is 16.3. The maximum Gasteiger partial charge on any atom is 0.253 e. The number of hydrogen-bond donors (Lipinski definition) is 3. The first-order valence-corrected chi connectivity index (χ1v) is 7.85. The van der Waals surface area contributed by atoms with Crippen molar-refractivity contribution >= 4 is 11.6 Å². The quantitative estimate of drug-likeness (QED) is 0.781. The Morgan fingerprint density at radius 1 is 1.33 bits per heavy atom. The highest BCUT2D eigenvalue weighted by Crippen LogP contribution is 2.33. The van der Waals surface area contributed by atoms with Crippen molar-refractivity contribution < 1.29 is 9.90 Å². The van der Waals surface area contributed by atoms with Crippen LogP contribution in [0.3, 0.4) is 0 Å². The van der Waals surface area contributed by atoms with E-state index in [0.717, 1.165) is 37.3 Å². The fraction of sp³-hybridized carbons (Fsp3) is 0.588. The van der Waals surface area contributed by atoms with E-state index in [1.807, 2.05) is 18.2 Å². The van der Waals surface area contributed by atoms with Crippen molar-refractivity contribution in [1.82, 2.24) is 5.32 Å².